The highest BCUT2D eigenvalue weighted by Crippen LogP contribution is 2.55. The van der Waals surface area contributed by atoms with Gasteiger partial charge in [-0.2, -0.15) is 26.3 Å². The molecular formula is C42H54Br2ClF6N2O6P2S2+. The van der Waals surface area contributed by atoms with Crippen molar-refractivity contribution in [3.05, 3.63) is 78.1 Å². The van der Waals surface area contributed by atoms with Gasteiger partial charge < -0.3 is 24.8 Å². The van der Waals surface area contributed by atoms with Gasteiger partial charge in [0.1, 0.15) is 11.5 Å². The predicted molar refractivity (Wildman–Crippen MR) is 248 cm³/mol. The van der Waals surface area contributed by atoms with Crippen LogP contribution >= 0.6 is 44.0 Å². The Morgan fingerprint density at radius 2 is 1.11 bits per heavy atom. The molecule has 2 atom stereocenters. The van der Waals surface area contributed by atoms with E-state index >= 15 is 0 Å². The van der Waals surface area contributed by atoms with Crippen molar-refractivity contribution in [2.75, 3.05) is 26.5 Å². The van der Waals surface area contributed by atoms with Crippen LogP contribution in [0.25, 0.3) is 11.1 Å². The molecule has 4 aliphatic rings. The van der Waals surface area contributed by atoms with E-state index in [1.54, 1.807) is 0 Å². The van der Waals surface area contributed by atoms with Crippen molar-refractivity contribution in [1.82, 2.24) is 10.6 Å². The number of hydrogen-bond acceptors (Lipinski definition) is 8. The van der Waals surface area contributed by atoms with Crippen LogP contribution < -0.4 is 10.6 Å². The largest absolute Gasteiger partial charge is 0.509 e. The summed E-state index contributed by atoms with van der Waals surface area (Å²) in [6.07, 6.45) is 1.70. The van der Waals surface area contributed by atoms with E-state index < -0.39 is 48.8 Å². The van der Waals surface area contributed by atoms with Gasteiger partial charge in [0.2, 0.25) is 6.49 Å². The number of amides is 2. The molecule has 8 nitrogen and oxygen atoms in total. The van der Waals surface area contributed by atoms with Crippen molar-refractivity contribution in [1.29, 1.82) is 0 Å². The molecule has 2 aromatic carbocycles. The zero-order valence-corrected chi connectivity index (χ0v) is 43.3. The van der Waals surface area contributed by atoms with Crippen LogP contribution in [-0.2, 0) is 59.6 Å². The van der Waals surface area contributed by atoms with Crippen LogP contribution in [0.4, 0.5) is 26.3 Å². The molecule has 6 rings (SSSR count). The molecule has 2 heterocycles. The molecule has 0 aromatic heterocycles. The van der Waals surface area contributed by atoms with Gasteiger partial charge in [0.15, 0.2) is 24.5 Å². The van der Waals surface area contributed by atoms with E-state index in [9.17, 15) is 41.0 Å². The second-order valence-corrected chi connectivity index (χ2v) is 28.7. The van der Waals surface area contributed by atoms with Crippen LogP contribution in [0.2, 0.25) is 0 Å². The summed E-state index contributed by atoms with van der Waals surface area (Å²) in [7, 11) is 0. The van der Waals surface area contributed by atoms with Crippen LogP contribution in [0.5, 0.6) is 0 Å². The molecule has 2 unspecified atom stereocenters. The molecule has 2 amide bonds. The maximum Gasteiger partial charge on any atom is 0.412 e. The molecule has 2 fully saturated rings. The Bertz CT molecular complexity index is 2210. The fourth-order valence-corrected chi connectivity index (χ4v) is 12.0. The monoisotopic (exact) mass is 1120 g/mol. The first-order valence-electron chi connectivity index (χ1n) is 20.5. The third-order valence-corrected chi connectivity index (χ3v) is 15.1. The SMILES string of the molecule is CCc1cc(C)cc(Br)c1C1=C(O)C2(CCCCC2)NC1=O.CCc1cc(C)cc(Br)c1C1=C(OP(C)(=S)OCC(F)(F)F)C2(CCCCC2)NC1=O.CP(=S)([ClH+])OCC(F)(F)F. The maximum absolute atomic E-state index is 13.3. The molecule has 2 saturated carbocycles. The fourth-order valence-electron chi connectivity index (χ4n) is 8.30. The molecule has 63 heavy (non-hydrogen) atoms. The van der Waals surface area contributed by atoms with Gasteiger partial charge in [0.05, 0.1) is 22.2 Å². The molecule has 352 valence electrons. The van der Waals surface area contributed by atoms with E-state index in [-0.39, 0.29) is 17.6 Å². The smallest absolute Gasteiger partial charge is 0.412 e. The Hall–Kier alpha value is -1.49. The molecule has 21 heteroatoms. The topological polar surface area (TPSA) is 106 Å². The average Bonchev–Trinajstić information content (AvgIpc) is 3.55. The Labute approximate surface area is 397 Å². The highest BCUT2D eigenvalue weighted by atomic mass is 79.9. The van der Waals surface area contributed by atoms with Crippen LogP contribution in [-0.4, -0.2) is 66.9 Å². The maximum atomic E-state index is 13.3. The number of carbonyl (C=O) groups is 2. The van der Waals surface area contributed by atoms with E-state index in [1.807, 2.05) is 39.0 Å². The van der Waals surface area contributed by atoms with E-state index in [0.29, 0.717) is 41.7 Å². The lowest BCUT2D eigenvalue weighted by molar-refractivity contribution is -0.201. The summed E-state index contributed by atoms with van der Waals surface area (Å²) in [5, 5.41) is 17.0. The average molecular weight is 1120 g/mol. The number of rotatable bonds is 10. The quantitative estimate of drug-likeness (QED) is 0.160. The second-order valence-electron chi connectivity index (χ2n) is 16.3. The third kappa shape index (κ3) is 14.5. The van der Waals surface area contributed by atoms with Gasteiger partial charge in [0.25, 0.3) is 11.8 Å². The van der Waals surface area contributed by atoms with E-state index in [4.69, 9.17) is 20.9 Å². The van der Waals surface area contributed by atoms with Crippen molar-refractivity contribution in [2.24, 2.45) is 0 Å². The fraction of sp³-hybridized carbons (Fsp3) is 0.571. The van der Waals surface area contributed by atoms with E-state index in [0.717, 1.165) is 88.1 Å². The van der Waals surface area contributed by atoms with Crippen molar-refractivity contribution >= 4 is 90.5 Å². The molecule has 2 aromatic rings. The number of benzene rings is 2. The Balaban J connectivity index is 0.000000236. The Morgan fingerprint density at radius 1 is 0.714 bits per heavy atom. The second kappa shape index (κ2) is 21.6. The molecule has 0 radical (unpaired) electrons. The highest BCUT2D eigenvalue weighted by molar-refractivity contribution is 9.10. The number of alkyl halides is 6. The van der Waals surface area contributed by atoms with Gasteiger partial charge in [0, 0.05) is 33.4 Å². The molecule has 0 bridgehead atoms. The number of hydrogen-bond donors (Lipinski definition) is 3. The van der Waals surface area contributed by atoms with Gasteiger partial charge >= 0.3 is 18.0 Å². The summed E-state index contributed by atoms with van der Waals surface area (Å²) in [4.78, 5) is 25.9. The summed E-state index contributed by atoms with van der Waals surface area (Å²) in [6, 6.07) is 8.03. The van der Waals surface area contributed by atoms with Crippen LogP contribution in [0.15, 0.2) is 44.7 Å². The number of carbonyl (C=O) groups excluding carboxylic acids is 2. The minimum Gasteiger partial charge on any atom is -0.509 e. The van der Waals surface area contributed by atoms with Crippen molar-refractivity contribution < 1.29 is 65.9 Å². The number of aliphatic hydroxyl groups excluding tert-OH is 1. The molecule has 2 aliphatic carbocycles. The van der Waals surface area contributed by atoms with E-state index in [1.165, 1.54) is 19.8 Å². The minimum atomic E-state index is -4.51. The summed E-state index contributed by atoms with van der Waals surface area (Å²) in [5.41, 5.74) is 2.74. The summed E-state index contributed by atoms with van der Waals surface area (Å²) < 4.78 is 89.3. The zero-order valence-electron chi connectivity index (χ0n) is 35.8. The van der Waals surface area contributed by atoms with Crippen LogP contribution in [0.3, 0.4) is 0 Å². The van der Waals surface area contributed by atoms with Crippen molar-refractivity contribution in [3.8, 4) is 0 Å². The summed E-state index contributed by atoms with van der Waals surface area (Å²) >= 11 is 21.4. The number of halogens is 9. The number of aryl methyl sites for hydroxylation is 4. The summed E-state index contributed by atoms with van der Waals surface area (Å²) in [6.45, 7) is 4.65. The lowest BCUT2D eigenvalue weighted by Gasteiger charge is -2.37. The number of aliphatic hydroxyl groups is 1. The first-order chi connectivity index (χ1) is 29.1. The van der Waals surface area contributed by atoms with Crippen molar-refractivity contribution in [2.45, 2.75) is 128 Å². The first kappa shape index (κ1) is 54.1. The number of nitrogens with one attached hydrogen (secondary N) is 2. The van der Waals surface area contributed by atoms with Crippen molar-refractivity contribution in [3.63, 3.8) is 0 Å². The van der Waals surface area contributed by atoms with E-state index in [2.05, 4.69) is 83.1 Å². The molecular weight excluding hydrogens is 1060 g/mol. The normalized spacial score (nSPS) is 20.3. The van der Waals surface area contributed by atoms with Crippen LogP contribution in [0, 0.1) is 25.1 Å². The predicted octanol–water partition coefficient (Wildman–Crippen LogP) is 12.6. The zero-order chi connectivity index (χ0) is 47.3. The van der Waals surface area contributed by atoms with Gasteiger partial charge in [-0.15, -0.1) is 0 Å². The lowest BCUT2D eigenvalue weighted by atomic mass is 9.80. The molecule has 3 N–H and O–H groups in total. The van der Waals surface area contributed by atoms with Gasteiger partial charge in [-0.25, -0.2) is 0 Å². The molecule has 2 aliphatic heterocycles. The third-order valence-electron chi connectivity index (χ3n) is 11.0. The standard InChI is InChI=1S/C21H26BrF3NO3PS.C18H22BrNO2.C3H6ClF3OPS/c1-4-14-10-13(2)11-15(22)16(14)17-18(29-30(3,31)28-12-21(23,24)25)20(26-19(17)27)8-6-5-7-9-20;1-3-12-9-11(2)10-13(19)14(12)15-16(21)18(20-17(15)22)7-5-4-6-8-18;1-9(4,10)8-2-3(5,6)7/h10-11H,4-9,12H2,1-3H3,(H,26,27);9-10,21H,3-8H2,1-2H3,(H,20,22);4H,2H2,1H3/q;;+1. The highest BCUT2D eigenvalue weighted by Gasteiger charge is 2.50. The lowest BCUT2D eigenvalue weighted by Crippen LogP contribution is -2.46. The van der Waals surface area contributed by atoms with Gasteiger partial charge in [-0.05, 0) is 110 Å². The van der Waals surface area contributed by atoms with Gasteiger partial charge in [-0.3, -0.25) is 14.1 Å². The summed E-state index contributed by atoms with van der Waals surface area (Å²) in [5.74, 6) is 0.154. The minimum absolute atomic E-state index is 0.140. The Morgan fingerprint density at radius 3 is 1.52 bits per heavy atom. The Kier molecular flexibility index (Phi) is 18.6. The van der Waals surface area contributed by atoms with Gasteiger partial charge in [-0.1, -0.05) is 96.4 Å². The van der Waals surface area contributed by atoms with Crippen LogP contribution in [0.1, 0.15) is 111 Å². The molecule has 2 spiro atoms. The first-order valence-corrected chi connectivity index (χ1v) is 29.3. The molecule has 0 saturated heterocycles.